The Balaban J connectivity index is 2.06. The highest BCUT2D eigenvalue weighted by Crippen LogP contribution is 2.39. The van der Waals surface area contributed by atoms with E-state index in [1.54, 1.807) is 6.07 Å². The normalized spacial score (nSPS) is 17.7. The summed E-state index contributed by atoms with van der Waals surface area (Å²) in [4.78, 5) is 18.9. The Hall–Kier alpha value is -2.13. The molecule has 1 saturated heterocycles. The summed E-state index contributed by atoms with van der Waals surface area (Å²) >= 11 is 1.29. The summed E-state index contributed by atoms with van der Waals surface area (Å²) in [6.07, 6.45) is -2.32. The molecule has 28 heavy (non-hydrogen) atoms. The van der Waals surface area contributed by atoms with E-state index in [2.05, 4.69) is 22.1 Å². The lowest BCUT2D eigenvalue weighted by Gasteiger charge is -2.20. The summed E-state index contributed by atoms with van der Waals surface area (Å²) in [5.41, 5.74) is -0.0324. The standard InChI is InChI=1S/C19H22F3N3O2S/c1-11-5-4-6-25(11)10-16-17(24-18(28-16)23-12(2)26)13-7-14(19(20,21)22)9-15(8-13)27-3/h7-9,11H,4-6,10H2,1-3H3,(H,23,24,26)/t11-/m1/s1. The summed E-state index contributed by atoms with van der Waals surface area (Å²) in [6, 6.07) is 3.98. The van der Waals surface area contributed by atoms with Crippen LogP contribution >= 0.6 is 11.3 Å². The van der Waals surface area contributed by atoms with Crippen LogP contribution in [0, 0.1) is 0 Å². The molecule has 0 bridgehead atoms. The zero-order valence-electron chi connectivity index (χ0n) is 15.9. The minimum atomic E-state index is -4.50. The van der Waals surface area contributed by atoms with Crippen molar-refractivity contribution in [3.63, 3.8) is 0 Å². The Morgan fingerprint density at radius 3 is 2.71 bits per heavy atom. The van der Waals surface area contributed by atoms with Gasteiger partial charge in [0.1, 0.15) is 5.75 Å². The van der Waals surface area contributed by atoms with Crippen molar-refractivity contribution in [2.75, 3.05) is 19.0 Å². The number of anilines is 1. The van der Waals surface area contributed by atoms with Crippen molar-refractivity contribution in [1.29, 1.82) is 0 Å². The highest BCUT2D eigenvalue weighted by Gasteiger charge is 2.32. The zero-order chi connectivity index (χ0) is 20.5. The lowest BCUT2D eigenvalue weighted by Crippen LogP contribution is -2.25. The van der Waals surface area contributed by atoms with Crippen LogP contribution in [0.15, 0.2) is 18.2 Å². The zero-order valence-corrected chi connectivity index (χ0v) is 16.7. The second-order valence-electron chi connectivity index (χ2n) is 6.88. The fourth-order valence-corrected chi connectivity index (χ4v) is 4.37. The predicted molar refractivity (Wildman–Crippen MR) is 103 cm³/mol. The SMILES string of the molecule is COc1cc(-c2nc(NC(C)=O)sc2CN2CCC[C@H]2C)cc(C(F)(F)F)c1. The molecule has 1 amide bonds. The number of carbonyl (C=O) groups excluding carboxylic acids is 1. The number of amides is 1. The van der Waals surface area contributed by atoms with Crippen molar-refractivity contribution >= 4 is 22.4 Å². The van der Waals surface area contributed by atoms with Crippen molar-refractivity contribution in [1.82, 2.24) is 9.88 Å². The number of methoxy groups -OCH3 is 1. The van der Waals surface area contributed by atoms with E-state index in [9.17, 15) is 18.0 Å². The summed E-state index contributed by atoms with van der Waals surface area (Å²) in [6.45, 7) is 5.01. The summed E-state index contributed by atoms with van der Waals surface area (Å²) < 4.78 is 45.0. The molecule has 9 heteroatoms. The molecule has 5 nitrogen and oxygen atoms in total. The quantitative estimate of drug-likeness (QED) is 0.767. The van der Waals surface area contributed by atoms with Gasteiger partial charge in [-0.2, -0.15) is 13.2 Å². The smallest absolute Gasteiger partial charge is 0.416 e. The molecule has 0 saturated carbocycles. The first-order valence-corrected chi connectivity index (χ1v) is 9.77. The van der Waals surface area contributed by atoms with E-state index >= 15 is 0 Å². The number of thiazole rings is 1. The van der Waals surface area contributed by atoms with Gasteiger partial charge >= 0.3 is 6.18 Å². The topological polar surface area (TPSA) is 54.5 Å². The number of rotatable bonds is 5. The molecule has 2 aromatic rings. The molecular formula is C19H22F3N3O2S. The molecule has 1 fully saturated rings. The lowest BCUT2D eigenvalue weighted by atomic mass is 10.1. The van der Waals surface area contributed by atoms with Crippen LogP contribution in [0.4, 0.5) is 18.3 Å². The van der Waals surface area contributed by atoms with Gasteiger partial charge in [-0.3, -0.25) is 9.69 Å². The number of nitrogens with zero attached hydrogens (tertiary/aromatic N) is 2. The molecule has 1 aromatic heterocycles. The number of nitrogens with one attached hydrogen (secondary N) is 1. The summed E-state index contributed by atoms with van der Waals surface area (Å²) in [7, 11) is 1.33. The molecule has 152 valence electrons. The van der Waals surface area contributed by atoms with Gasteiger partial charge in [-0.25, -0.2) is 4.98 Å². The third-order valence-corrected chi connectivity index (χ3v) is 5.72. The number of carbonyl (C=O) groups is 1. The Morgan fingerprint density at radius 2 is 2.14 bits per heavy atom. The molecule has 1 aliphatic rings. The molecule has 2 heterocycles. The van der Waals surface area contributed by atoms with Crippen molar-refractivity contribution in [2.45, 2.75) is 45.5 Å². The summed E-state index contributed by atoms with van der Waals surface area (Å²) in [5, 5.41) is 3.02. The number of hydrogen-bond acceptors (Lipinski definition) is 5. The fourth-order valence-electron chi connectivity index (χ4n) is 3.32. The van der Waals surface area contributed by atoms with Gasteiger partial charge in [0.15, 0.2) is 5.13 Å². The molecule has 0 aliphatic carbocycles. The number of aromatic nitrogens is 1. The largest absolute Gasteiger partial charge is 0.497 e. The van der Waals surface area contributed by atoms with Gasteiger partial charge in [0, 0.05) is 30.0 Å². The Labute approximate surface area is 165 Å². The van der Waals surface area contributed by atoms with E-state index in [4.69, 9.17) is 4.74 Å². The van der Waals surface area contributed by atoms with E-state index in [0.29, 0.717) is 29.0 Å². The van der Waals surface area contributed by atoms with Crippen LogP contribution in [0.25, 0.3) is 11.3 Å². The number of ether oxygens (including phenoxy) is 1. The minimum absolute atomic E-state index is 0.111. The second-order valence-corrected chi connectivity index (χ2v) is 7.97. The van der Waals surface area contributed by atoms with Gasteiger partial charge in [-0.1, -0.05) is 11.3 Å². The first kappa shape index (κ1) is 20.6. The third kappa shape index (κ3) is 4.64. The van der Waals surface area contributed by atoms with Crippen LogP contribution in [0.2, 0.25) is 0 Å². The number of benzene rings is 1. The maximum atomic E-state index is 13.3. The van der Waals surface area contributed by atoms with E-state index < -0.39 is 11.7 Å². The molecule has 1 aromatic carbocycles. The van der Waals surface area contributed by atoms with E-state index in [-0.39, 0.29) is 11.7 Å². The first-order chi connectivity index (χ1) is 13.2. The molecule has 1 N–H and O–H groups in total. The highest BCUT2D eigenvalue weighted by atomic mass is 32.1. The Morgan fingerprint density at radius 1 is 1.39 bits per heavy atom. The van der Waals surface area contributed by atoms with Gasteiger partial charge in [-0.15, -0.1) is 0 Å². The van der Waals surface area contributed by atoms with E-state index in [1.165, 1.54) is 25.4 Å². The molecule has 1 atom stereocenters. The predicted octanol–water partition coefficient (Wildman–Crippen LogP) is 4.78. The van der Waals surface area contributed by atoms with Crippen LogP contribution in [-0.4, -0.2) is 35.5 Å². The molecule has 0 spiro atoms. The van der Waals surface area contributed by atoms with Gasteiger partial charge in [0.2, 0.25) is 5.91 Å². The second kappa shape index (κ2) is 8.08. The van der Waals surface area contributed by atoms with Gasteiger partial charge in [-0.05, 0) is 44.5 Å². The number of likely N-dealkylation sites (tertiary alicyclic amines) is 1. The van der Waals surface area contributed by atoms with Crippen LogP contribution in [0.3, 0.4) is 0 Å². The van der Waals surface area contributed by atoms with Gasteiger partial charge < -0.3 is 10.1 Å². The van der Waals surface area contributed by atoms with E-state index in [0.717, 1.165) is 36.4 Å². The monoisotopic (exact) mass is 413 g/mol. The van der Waals surface area contributed by atoms with Crippen molar-refractivity contribution in [3.8, 4) is 17.0 Å². The number of hydrogen-bond donors (Lipinski definition) is 1. The molecule has 3 rings (SSSR count). The van der Waals surface area contributed by atoms with Crippen molar-refractivity contribution < 1.29 is 22.7 Å². The highest BCUT2D eigenvalue weighted by molar-refractivity contribution is 7.16. The molecular weight excluding hydrogens is 391 g/mol. The van der Waals surface area contributed by atoms with Crippen LogP contribution < -0.4 is 10.1 Å². The maximum Gasteiger partial charge on any atom is 0.416 e. The number of halogens is 3. The average Bonchev–Trinajstić information content (AvgIpc) is 3.20. The third-order valence-electron chi connectivity index (χ3n) is 4.76. The Kier molecular flexibility index (Phi) is 5.95. The van der Waals surface area contributed by atoms with Gasteiger partial charge in [0.25, 0.3) is 0 Å². The lowest BCUT2D eigenvalue weighted by molar-refractivity contribution is -0.137. The molecule has 0 unspecified atom stereocenters. The van der Waals surface area contributed by atoms with Crippen LogP contribution in [0.1, 0.15) is 37.1 Å². The van der Waals surface area contributed by atoms with Crippen molar-refractivity contribution in [3.05, 3.63) is 28.6 Å². The van der Waals surface area contributed by atoms with Gasteiger partial charge in [0.05, 0.1) is 18.4 Å². The maximum absolute atomic E-state index is 13.3. The molecule has 0 radical (unpaired) electrons. The minimum Gasteiger partial charge on any atom is -0.497 e. The number of alkyl halides is 3. The van der Waals surface area contributed by atoms with Crippen molar-refractivity contribution in [2.24, 2.45) is 0 Å². The average molecular weight is 413 g/mol. The molecule has 1 aliphatic heterocycles. The first-order valence-electron chi connectivity index (χ1n) is 8.95. The van der Waals surface area contributed by atoms with Crippen LogP contribution in [-0.2, 0) is 17.5 Å². The fraction of sp³-hybridized carbons (Fsp3) is 0.474. The van der Waals surface area contributed by atoms with Crippen LogP contribution in [0.5, 0.6) is 5.75 Å². The Bertz CT molecular complexity index is 867. The van der Waals surface area contributed by atoms with E-state index in [1.807, 2.05) is 0 Å². The summed E-state index contributed by atoms with van der Waals surface area (Å²) in [5.74, 6) is -0.164.